The number of methoxy groups -OCH3 is 1. The number of rotatable bonds is 4. The summed E-state index contributed by atoms with van der Waals surface area (Å²) in [5.74, 6) is 1.51. The van der Waals surface area contributed by atoms with E-state index in [0.717, 1.165) is 5.56 Å². The van der Waals surface area contributed by atoms with Crippen LogP contribution in [0.5, 0.6) is 5.75 Å². The van der Waals surface area contributed by atoms with Crippen molar-refractivity contribution in [3.05, 3.63) is 53.4 Å². The summed E-state index contributed by atoms with van der Waals surface area (Å²) < 4.78 is 10.1. The first-order chi connectivity index (χ1) is 12.0. The average Bonchev–Trinajstić information content (AvgIpc) is 3.02. The predicted octanol–water partition coefficient (Wildman–Crippen LogP) is 4.35. The van der Waals surface area contributed by atoms with Gasteiger partial charge in [-0.15, -0.1) is 0 Å². The molecule has 25 heavy (non-hydrogen) atoms. The number of anilines is 2. The van der Waals surface area contributed by atoms with Crippen molar-refractivity contribution in [1.29, 1.82) is 0 Å². The molecule has 0 bridgehead atoms. The van der Waals surface area contributed by atoms with Crippen LogP contribution in [0, 0.1) is 6.92 Å². The van der Waals surface area contributed by atoms with Gasteiger partial charge in [0.15, 0.2) is 0 Å². The Balaban J connectivity index is 1.68. The molecule has 8 heteroatoms. The number of benzene rings is 2. The van der Waals surface area contributed by atoms with Crippen LogP contribution in [0.25, 0.3) is 11.4 Å². The molecule has 2 aromatic carbocycles. The summed E-state index contributed by atoms with van der Waals surface area (Å²) in [5, 5.41) is 9.78. The zero-order valence-electron chi connectivity index (χ0n) is 13.5. The number of halogens is 1. The number of urea groups is 1. The summed E-state index contributed by atoms with van der Waals surface area (Å²) in [4.78, 5) is 16.3. The Hall–Kier alpha value is -3.06. The van der Waals surface area contributed by atoms with Crippen LogP contribution < -0.4 is 15.4 Å². The molecule has 0 radical (unpaired) electrons. The van der Waals surface area contributed by atoms with E-state index in [1.807, 2.05) is 0 Å². The molecule has 0 saturated heterocycles. The predicted molar refractivity (Wildman–Crippen MR) is 95.1 cm³/mol. The van der Waals surface area contributed by atoms with Gasteiger partial charge in [0.1, 0.15) is 5.75 Å². The first-order valence-corrected chi connectivity index (χ1v) is 7.75. The first kappa shape index (κ1) is 16.8. The number of nitrogens with zero attached hydrogens (tertiary/aromatic N) is 2. The van der Waals surface area contributed by atoms with Crippen molar-refractivity contribution in [2.75, 3.05) is 17.7 Å². The summed E-state index contributed by atoms with van der Waals surface area (Å²) in [6.07, 6.45) is 0. The van der Waals surface area contributed by atoms with Gasteiger partial charge in [-0.05, 0) is 42.5 Å². The Morgan fingerprint density at radius 2 is 1.92 bits per heavy atom. The van der Waals surface area contributed by atoms with Crippen LogP contribution in [0.1, 0.15) is 5.89 Å². The lowest BCUT2D eigenvalue weighted by molar-refractivity contribution is 0.262. The Morgan fingerprint density at radius 1 is 1.16 bits per heavy atom. The molecule has 2 N–H and O–H groups in total. The van der Waals surface area contributed by atoms with Crippen molar-refractivity contribution in [2.24, 2.45) is 0 Å². The van der Waals surface area contributed by atoms with Gasteiger partial charge >= 0.3 is 6.03 Å². The van der Waals surface area contributed by atoms with Gasteiger partial charge in [0, 0.05) is 23.2 Å². The Bertz CT molecular complexity index is 893. The highest BCUT2D eigenvalue weighted by Gasteiger charge is 2.10. The fourth-order valence-electron chi connectivity index (χ4n) is 2.18. The molecule has 1 heterocycles. The maximum atomic E-state index is 12.2. The lowest BCUT2D eigenvalue weighted by Gasteiger charge is -2.11. The molecule has 1 aromatic heterocycles. The van der Waals surface area contributed by atoms with Crippen molar-refractivity contribution in [3.63, 3.8) is 0 Å². The molecule has 0 saturated carbocycles. The normalized spacial score (nSPS) is 10.4. The smallest absolute Gasteiger partial charge is 0.323 e. The topological polar surface area (TPSA) is 89.3 Å². The second kappa shape index (κ2) is 7.23. The zero-order chi connectivity index (χ0) is 17.8. The quantitative estimate of drug-likeness (QED) is 0.723. The minimum absolute atomic E-state index is 0.413. The molecule has 0 aliphatic rings. The molecule has 0 aliphatic carbocycles. The van der Waals surface area contributed by atoms with E-state index < -0.39 is 6.03 Å². The minimum Gasteiger partial charge on any atom is -0.495 e. The highest BCUT2D eigenvalue weighted by molar-refractivity contribution is 6.31. The molecule has 2 amide bonds. The molecule has 0 aliphatic heterocycles. The molecular formula is C17H15ClN4O3. The fraction of sp³-hybridized carbons (Fsp3) is 0.118. The number of amides is 2. The Kier molecular flexibility index (Phi) is 4.85. The summed E-state index contributed by atoms with van der Waals surface area (Å²) in [5.41, 5.74) is 1.88. The zero-order valence-corrected chi connectivity index (χ0v) is 14.3. The number of carbonyl (C=O) groups is 1. The summed E-state index contributed by atoms with van der Waals surface area (Å²) >= 11 is 5.95. The van der Waals surface area contributed by atoms with Gasteiger partial charge in [-0.2, -0.15) is 4.98 Å². The van der Waals surface area contributed by atoms with E-state index in [2.05, 4.69) is 20.8 Å². The molecule has 3 rings (SSSR count). The van der Waals surface area contributed by atoms with E-state index in [1.54, 1.807) is 49.4 Å². The van der Waals surface area contributed by atoms with Crippen LogP contribution in [-0.4, -0.2) is 23.3 Å². The van der Waals surface area contributed by atoms with Crippen molar-refractivity contribution < 1.29 is 14.1 Å². The summed E-state index contributed by atoms with van der Waals surface area (Å²) in [7, 11) is 1.52. The molecule has 128 valence electrons. The third kappa shape index (κ3) is 4.07. The number of aryl methyl sites for hydroxylation is 1. The van der Waals surface area contributed by atoms with Crippen LogP contribution in [0.15, 0.2) is 47.0 Å². The maximum absolute atomic E-state index is 12.2. The fourth-order valence-corrected chi connectivity index (χ4v) is 2.35. The monoisotopic (exact) mass is 358 g/mol. The van der Waals surface area contributed by atoms with Crippen LogP contribution in [0.2, 0.25) is 5.02 Å². The first-order valence-electron chi connectivity index (χ1n) is 7.37. The lowest BCUT2D eigenvalue weighted by Crippen LogP contribution is -2.19. The minimum atomic E-state index is -0.413. The standard InChI is InChI=1S/C17H15ClN4O3/c1-10-19-16(22-25-10)11-3-6-13(7-4-11)20-17(23)21-14-9-12(18)5-8-15(14)24-2/h3-9H,1-2H3,(H2,20,21,23). The number of hydrogen-bond acceptors (Lipinski definition) is 5. The second-order valence-electron chi connectivity index (χ2n) is 5.14. The van der Waals surface area contributed by atoms with Crippen molar-refractivity contribution in [1.82, 2.24) is 10.1 Å². The molecular weight excluding hydrogens is 344 g/mol. The van der Waals surface area contributed by atoms with Gasteiger partial charge in [0.2, 0.25) is 11.7 Å². The number of aromatic nitrogens is 2. The molecule has 0 unspecified atom stereocenters. The largest absolute Gasteiger partial charge is 0.495 e. The van der Waals surface area contributed by atoms with Crippen molar-refractivity contribution >= 4 is 29.0 Å². The SMILES string of the molecule is COc1ccc(Cl)cc1NC(=O)Nc1ccc(-c2noc(C)n2)cc1. The summed E-state index contributed by atoms with van der Waals surface area (Å²) in [6.45, 7) is 1.72. The van der Waals surface area contributed by atoms with Gasteiger partial charge in [-0.3, -0.25) is 0 Å². The molecule has 7 nitrogen and oxygen atoms in total. The number of hydrogen-bond donors (Lipinski definition) is 2. The van der Waals surface area contributed by atoms with Gasteiger partial charge in [0.25, 0.3) is 0 Å². The molecule has 0 fully saturated rings. The van der Waals surface area contributed by atoms with Gasteiger partial charge in [-0.25, -0.2) is 4.79 Å². The van der Waals surface area contributed by atoms with Gasteiger partial charge in [-0.1, -0.05) is 16.8 Å². The number of carbonyl (C=O) groups excluding carboxylic acids is 1. The van der Waals surface area contributed by atoms with E-state index in [9.17, 15) is 4.79 Å². The van der Waals surface area contributed by atoms with Crippen LogP contribution >= 0.6 is 11.6 Å². The van der Waals surface area contributed by atoms with E-state index in [1.165, 1.54) is 7.11 Å². The average molecular weight is 359 g/mol. The Labute approximate surface area is 149 Å². The van der Waals surface area contributed by atoms with E-state index in [-0.39, 0.29) is 0 Å². The highest BCUT2D eigenvalue weighted by Crippen LogP contribution is 2.28. The summed E-state index contributed by atoms with van der Waals surface area (Å²) in [6, 6.07) is 11.6. The van der Waals surface area contributed by atoms with E-state index >= 15 is 0 Å². The van der Waals surface area contributed by atoms with Crippen molar-refractivity contribution in [2.45, 2.75) is 6.92 Å². The van der Waals surface area contributed by atoms with Crippen LogP contribution in [0.4, 0.5) is 16.2 Å². The van der Waals surface area contributed by atoms with E-state index in [4.69, 9.17) is 20.9 Å². The molecule has 0 spiro atoms. The number of nitrogens with one attached hydrogen (secondary N) is 2. The van der Waals surface area contributed by atoms with Gasteiger partial charge in [0.05, 0.1) is 12.8 Å². The second-order valence-corrected chi connectivity index (χ2v) is 5.57. The van der Waals surface area contributed by atoms with Gasteiger partial charge < -0.3 is 19.9 Å². The highest BCUT2D eigenvalue weighted by atomic mass is 35.5. The third-order valence-electron chi connectivity index (χ3n) is 3.34. The van der Waals surface area contributed by atoms with Crippen molar-refractivity contribution in [3.8, 4) is 17.1 Å². The number of ether oxygens (including phenoxy) is 1. The van der Waals surface area contributed by atoms with E-state index in [0.29, 0.717) is 33.9 Å². The Morgan fingerprint density at radius 3 is 2.56 bits per heavy atom. The van der Waals surface area contributed by atoms with Crippen LogP contribution in [0.3, 0.4) is 0 Å². The molecule has 0 atom stereocenters. The lowest BCUT2D eigenvalue weighted by atomic mass is 10.2. The third-order valence-corrected chi connectivity index (χ3v) is 3.57. The maximum Gasteiger partial charge on any atom is 0.323 e. The molecule has 3 aromatic rings. The van der Waals surface area contributed by atoms with Crippen LogP contribution in [-0.2, 0) is 0 Å².